The molecule has 1 saturated carbocycles. The van der Waals surface area contributed by atoms with Gasteiger partial charge in [0.1, 0.15) is 5.75 Å². The van der Waals surface area contributed by atoms with Gasteiger partial charge in [0.05, 0.1) is 24.4 Å². The molecule has 1 spiro atoms. The Morgan fingerprint density at radius 3 is 2.63 bits per heavy atom. The van der Waals surface area contributed by atoms with E-state index in [9.17, 15) is 5.11 Å². The maximum Gasteiger partial charge on any atom is 0.119 e. The lowest BCUT2D eigenvalue weighted by Crippen LogP contribution is -2.48. The maximum absolute atomic E-state index is 10.4. The van der Waals surface area contributed by atoms with Crippen molar-refractivity contribution in [2.45, 2.75) is 63.3 Å². The molecule has 0 radical (unpaired) electrons. The molecule has 2 fully saturated rings. The minimum atomic E-state index is -0.283. The molecule has 4 heteroatoms. The highest BCUT2D eigenvalue weighted by molar-refractivity contribution is 6.31. The molecular formula is C23H27ClO3. The van der Waals surface area contributed by atoms with E-state index in [0.29, 0.717) is 13.0 Å². The third-order valence-corrected chi connectivity index (χ3v) is 6.19. The van der Waals surface area contributed by atoms with Gasteiger partial charge >= 0.3 is 0 Å². The molecule has 27 heavy (non-hydrogen) atoms. The Labute approximate surface area is 166 Å². The van der Waals surface area contributed by atoms with Crippen molar-refractivity contribution in [1.82, 2.24) is 0 Å². The van der Waals surface area contributed by atoms with Gasteiger partial charge in [-0.15, -0.1) is 0 Å². The van der Waals surface area contributed by atoms with Gasteiger partial charge in [-0.2, -0.15) is 0 Å². The molecule has 0 bridgehead atoms. The average Bonchev–Trinajstić information content (AvgIpc) is 2.63. The Bertz CT molecular complexity index is 783. The lowest BCUT2D eigenvalue weighted by molar-refractivity contribution is -0.198. The molecule has 2 aromatic carbocycles. The van der Waals surface area contributed by atoms with E-state index in [1.165, 1.54) is 12.0 Å². The molecule has 0 amide bonds. The predicted octanol–water partition coefficient (Wildman–Crippen LogP) is 5.46. The first kappa shape index (κ1) is 18.8. The molecule has 3 nitrogen and oxygen atoms in total. The van der Waals surface area contributed by atoms with Crippen molar-refractivity contribution in [2.24, 2.45) is 0 Å². The van der Waals surface area contributed by atoms with Gasteiger partial charge in [-0.25, -0.2) is 0 Å². The summed E-state index contributed by atoms with van der Waals surface area (Å²) in [5.41, 5.74) is 3.30. The van der Waals surface area contributed by atoms with E-state index in [1.807, 2.05) is 31.2 Å². The van der Waals surface area contributed by atoms with Crippen molar-refractivity contribution in [3.63, 3.8) is 0 Å². The summed E-state index contributed by atoms with van der Waals surface area (Å²) >= 11 is 6.47. The van der Waals surface area contributed by atoms with Crippen molar-refractivity contribution in [3.05, 3.63) is 64.2 Å². The minimum Gasteiger partial charge on any atom is -0.494 e. The van der Waals surface area contributed by atoms with Gasteiger partial charge in [0.25, 0.3) is 0 Å². The summed E-state index contributed by atoms with van der Waals surface area (Å²) in [5, 5.41) is 11.1. The monoisotopic (exact) mass is 386 g/mol. The topological polar surface area (TPSA) is 38.7 Å². The Morgan fingerprint density at radius 2 is 1.96 bits per heavy atom. The predicted molar refractivity (Wildman–Crippen MR) is 108 cm³/mol. The van der Waals surface area contributed by atoms with Crippen LogP contribution in [-0.2, 0) is 11.2 Å². The first-order valence-electron chi connectivity index (χ1n) is 9.93. The van der Waals surface area contributed by atoms with Gasteiger partial charge < -0.3 is 14.6 Å². The lowest BCUT2D eigenvalue weighted by atomic mass is 9.73. The van der Waals surface area contributed by atoms with E-state index < -0.39 is 0 Å². The summed E-state index contributed by atoms with van der Waals surface area (Å²) in [4.78, 5) is 0. The second-order valence-corrected chi connectivity index (χ2v) is 8.25. The number of hydrogen-bond donors (Lipinski definition) is 1. The summed E-state index contributed by atoms with van der Waals surface area (Å²) in [6.07, 6.45) is 5.19. The Kier molecular flexibility index (Phi) is 5.45. The van der Waals surface area contributed by atoms with Crippen molar-refractivity contribution in [3.8, 4) is 5.75 Å². The van der Waals surface area contributed by atoms with Crippen LogP contribution in [0.1, 0.15) is 61.8 Å². The van der Waals surface area contributed by atoms with Gasteiger partial charge in [0.2, 0.25) is 0 Å². The van der Waals surface area contributed by atoms with E-state index in [1.54, 1.807) is 0 Å². The van der Waals surface area contributed by atoms with E-state index in [2.05, 4.69) is 18.2 Å². The zero-order valence-corrected chi connectivity index (χ0v) is 16.5. The van der Waals surface area contributed by atoms with Crippen LogP contribution in [0.4, 0.5) is 0 Å². The van der Waals surface area contributed by atoms with Crippen LogP contribution >= 0.6 is 11.6 Å². The van der Waals surface area contributed by atoms with Crippen LogP contribution in [0.2, 0.25) is 5.02 Å². The van der Waals surface area contributed by atoms with Crippen LogP contribution in [0, 0.1) is 0 Å². The van der Waals surface area contributed by atoms with Crippen molar-refractivity contribution < 1.29 is 14.6 Å². The highest BCUT2D eigenvalue weighted by Gasteiger charge is 2.45. The van der Waals surface area contributed by atoms with Gasteiger partial charge in [0, 0.05) is 17.9 Å². The number of ether oxygens (including phenoxy) is 2. The molecule has 2 aliphatic rings. The molecular weight excluding hydrogens is 360 g/mol. The van der Waals surface area contributed by atoms with Crippen LogP contribution in [0.25, 0.3) is 0 Å². The first-order valence-corrected chi connectivity index (χ1v) is 10.3. The molecule has 0 aromatic heterocycles. The molecule has 1 heterocycles. The van der Waals surface area contributed by atoms with Crippen LogP contribution in [0.5, 0.6) is 5.75 Å². The summed E-state index contributed by atoms with van der Waals surface area (Å²) < 4.78 is 11.9. The second kappa shape index (κ2) is 7.83. The molecule has 2 aromatic rings. The normalized spacial score (nSPS) is 23.8. The molecule has 2 unspecified atom stereocenters. The Morgan fingerprint density at radius 1 is 1.19 bits per heavy atom. The van der Waals surface area contributed by atoms with Crippen LogP contribution in [0.15, 0.2) is 42.5 Å². The quantitative estimate of drug-likeness (QED) is 0.741. The fourth-order valence-corrected chi connectivity index (χ4v) is 4.46. The SMILES string of the molecule is CCOc1ccc(Cc2cc(C3CC(O)CC4(CCC4)O3)ccc2Cl)cc1. The largest absolute Gasteiger partial charge is 0.494 e. The third kappa shape index (κ3) is 4.16. The molecule has 144 valence electrons. The highest BCUT2D eigenvalue weighted by Crippen LogP contribution is 2.48. The summed E-state index contributed by atoms with van der Waals surface area (Å²) in [5.74, 6) is 0.886. The molecule has 2 atom stereocenters. The van der Waals surface area contributed by atoms with Gasteiger partial charge in [0.15, 0.2) is 0 Å². The number of hydrogen-bond acceptors (Lipinski definition) is 3. The molecule has 4 rings (SSSR count). The second-order valence-electron chi connectivity index (χ2n) is 7.84. The van der Waals surface area contributed by atoms with Crippen LogP contribution < -0.4 is 4.74 Å². The molecule has 1 saturated heterocycles. The smallest absolute Gasteiger partial charge is 0.119 e. The van der Waals surface area contributed by atoms with Gasteiger partial charge in [-0.1, -0.05) is 35.9 Å². The van der Waals surface area contributed by atoms with Crippen molar-refractivity contribution in [1.29, 1.82) is 0 Å². The maximum atomic E-state index is 10.4. The van der Waals surface area contributed by atoms with Crippen molar-refractivity contribution in [2.75, 3.05) is 6.61 Å². The van der Waals surface area contributed by atoms with Crippen LogP contribution in [-0.4, -0.2) is 23.4 Å². The number of halogens is 1. The lowest BCUT2D eigenvalue weighted by Gasteiger charge is -2.49. The average molecular weight is 387 g/mol. The third-order valence-electron chi connectivity index (χ3n) is 5.82. The number of aliphatic hydroxyl groups is 1. The molecule has 1 N–H and O–H groups in total. The van der Waals surface area contributed by atoms with Gasteiger partial charge in [-0.3, -0.25) is 0 Å². The number of rotatable bonds is 5. The molecule has 1 aliphatic heterocycles. The highest BCUT2D eigenvalue weighted by atomic mass is 35.5. The first-order chi connectivity index (χ1) is 13.1. The summed E-state index contributed by atoms with van der Waals surface area (Å²) in [6, 6.07) is 14.3. The number of aliphatic hydroxyl groups excluding tert-OH is 1. The fraction of sp³-hybridized carbons (Fsp3) is 0.478. The van der Waals surface area contributed by atoms with Crippen LogP contribution in [0.3, 0.4) is 0 Å². The Hall–Kier alpha value is -1.55. The molecule has 1 aliphatic carbocycles. The zero-order valence-electron chi connectivity index (χ0n) is 15.8. The van der Waals surface area contributed by atoms with E-state index in [4.69, 9.17) is 21.1 Å². The minimum absolute atomic E-state index is 0.0506. The van der Waals surface area contributed by atoms with E-state index in [0.717, 1.165) is 47.6 Å². The van der Waals surface area contributed by atoms with Crippen molar-refractivity contribution >= 4 is 11.6 Å². The summed E-state index contributed by atoms with van der Waals surface area (Å²) in [7, 11) is 0. The summed E-state index contributed by atoms with van der Waals surface area (Å²) in [6.45, 7) is 2.65. The number of benzene rings is 2. The fourth-order valence-electron chi connectivity index (χ4n) is 4.28. The van der Waals surface area contributed by atoms with E-state index >= 15 is 0 Å². The van der Waals surface area contributed by atoms with E-state index in [-0.39, 0.29) is 17.8 Å². The Balaban J connectivity index is 1.52. The zero-order chi connectivity index (χ0) is 18.9. The standard InChI is InChI=1S/C23H27ClO3/c1-2-26-20-7-4-16(5-8-20)12-18-13-17(6-9-21(18)24)22-14-19(25)15-23(27-22)10-3-11-23/h4-9,13,19,22,25H,2-3,10-12,14-15H2,1H3. The van der Waals surface area contributed by atoms with Gasteiger partial charge in [-0.05, 0) is 67.5 Å².